The zero-order valence-corrected chi connectivity index (χ0v) is 14.2. The Bertz CT molecular complexity index is 711. The Balaban J connectivity index is 1.74. The van der Waals surface area contributed by atoms with E-state index in [0.29, 0.717) is 16.9 Å². The molecule has 21 heavy (non-hydrogen) atoms. The molecule has 2 aliphatic rings. The molecule has 2 saturated carbocycles. The lowest BCUT2D eigenvalue weighted by Crippen LogP contribution is -2.40. The van der Waals surface area contributed by atoms with Gasteiger partial charge in [0.25, 0.3) is 0 Å². The predicted molar refractivity (Wildman–Crippen MR) is 89.1 cm³/mol. The first-order chi connectivity index (χ1) is 9.93. The highest BCUT2D eigenvalue weighted by atomic mass is 35.5. The highest BCUT2D eigenvalue weighted by molar-refractivity contribution is 7.00. The van der Waals surface area contributed by atoms with Crippen molar-refractivity contribution < 1.29 is 0 Å². The number of rotatable bonds is 2. The average molecular weight is 322 g/mol. The van der Waals surface area contributed by atoms with E-state index in [1.807, 2.05) is 12.1 Å². The van der Waals surface area contributed by atoms with Gasteiger partial charge < -0.3 is 5.32 Å². The van der Waals surface area contributed by atoms with Crippen molar-refractivity contribution >= 4 is 40.0 Å². The minimum absolute atomic E-state index is 0.326. The molecule has 2 bridgehead atoms. The molecule has 3 unspecified atom stereocenters. The van der Waals surface area contributed by atoms with Crippen molar-refractivity contribution in [2.24, 2.45) is 16.7 Å². The Kier molecular flexibility index (Phi) is 2.84. The number of hydrogen-bond acceptors (Lipinski definition) is 4. The molecule has 5 heteroatoms. The van der Waals surface area contributed by atoms with E-state index in [-0.39, 0.29) is 0 Å². The number of aromatic nitrogens is 2. The molecule has 2 aliphatic carbocycles. The van der Waals surface area contributed by atoms with Crippen LogP contribution in [0.3, 0.4) is 0 Å². The summed E-state index contributed by atoms with van der Waals surface area (Å²) in [5.41, 5.74) is 3.53. The molecule has 2 fully saturated rings. The van der Waals surface area contributed by atoms with Gasteiger partial charge in [0.05, 0.1) is 22.4 Å². The quantitative estimate of drug-likeness (QED) is 0.848. The van der Waals surface area contributed by atoms with Crippen LogP contribution in [0.5, 0.6) is 0 Å². The topological polar surface area (TPSA) is 37.8 Å². The fourth-order valence-corrected chi connectivity index (χ4v) is 5.31. The number of benzene rings is 1. The molecular formula is C16H20ClN3S. The van der Waals surface area contributed by atoms with Gasteiger partial charge in [-0.2, -0.15) is 8.75 Å². The summed E-state index contributed by atoms with van der Waals surface area (Å²) in [6.45, 7) is 7.29. The van der Waals surface area contributed by atoms with Crippen LogP contribution in [0.1, 0.15) is 40.0 Å². The summed E-state index contributed by atoms with van der Waals surface area (Å²) in [5, 5.41) is 4.49. The predicted octanol–water partition coefficient (Wildman–Crippen LogP) is 4.97. The van der Waals surface area contributed by atoms with Gasteiger partial charge >= 0.3 is 0 Å². The van der Waals surface area contributed by atoms with Crippen LogP contribution in [-0.4, -0.2) is 14.8 Å². The lowest BCUT2D eigenvalue weighted by atomic mass is 9.69. The van der Waals surface area contributed by atoms with E-state index in [1.54, 1.807) is 0 Å². The van der Waals surface area contributed by atoms with E-state index < -0.39 is 0 Å². The first-order valence-electron chi connectivity index (χ1n) is 7.61. The zero-order valence-electron chi connectivity index (χ0n) is 12.6. The summed E-state index contributed by atoms with van der Waals surface area (Å²) in [6, 6.07) is 4.34. The molecule has 1 N–H and O–H groups in total. The third-order valence-electron chi connectivity index (χ3n) is 6.49. The maximum Gasteiger partial charge on any atom is 0.129 e. The zero-order chi connectivity index (χ0) is 14.8. The minimum atomic E-state index is 0.326. The summed E-state index contributed by atoms with van der Waals surface area (Å²) in [6.07, 6.45) is 3.89. The van der Waals surface area contributed by atoms with Gasteiger partial charge in [0.15, 0.2) is 0 Å². The molecule has 0 aliphatic heterocycles. The van der Waals surface area contributed by atoms with Crippen molar-refractivity contribution in [3.63, 3.8) is 0 Å². The smallest absolute Gasteiger partial charge is 0.129 e. The second kappa shape index (κ2) is 4.32. The van der Waals surface area contributed by atoms with Crippen molar-refractivity contribution in [1.29, 1.82) is 0 Å². The maximum absolute atomic E-state index is 6.43. The number of anilines is 1. The highest BCUT2D eigenvalue weighted by Gasteiger charge is 2.61. The standard InChI is InChI=1S/C16H20ClN3S/c1-15(2)9-6-7-16(15,3)12(8-9)18-13-10(17)4-5-11-14(13)20-21-19-11/h4-5,9,12,18H,6-8H2,1-3H3. The number of nitrogens with one attached hydrogen (secondary N) is 1. The summed E-state index contributed by atoms with van der Waals surface area (Å²) >= 11 is 7.68. The molecule has 1 aromatic heterocycles. The molecule has 1 heterocycles. The van der Waals surface area contributed by atoms with Crippen molar-refractivity contribution in [2.45, 2.75) is 46.1 Å². The largest absolute Gasteiger partial charge is 0.379 e. The fraction of sp³-hybridized carbons (Fsp3) is 0.625. The van der Waals surface area contributed by atoms with E-state index in [2.05, 4.69) is 34.8 Å². The average Bonchev–Trinajstić information content (AvgIpc) is 3.04. The van der Waals surface area contributed by atoms with E-state index in [4.69, 9.17) is 11.6 Å². The van der Waals surface area contributed by atoms with Crippen molar-refractivity contribution in [2.75, 3.05) is 5.32 Å². The van der Waals surface area contributed by atoms with Gasteiger partial charge in [0.1, 0.15) is 11.0 Å². The first-order valence-corrected chi connectivity index (χ1v) is 8.71. The fourth-order valence-electron chi connectivity index (χ4n) is 4.56. The van der Waals surface area contributed by atoms with Crippen molar-refractivity contribution in [3.8, 4) is 0 Å². The molecular weight excluding hydrogens is 302 g/mol. The van der Waals surface area contributed by atoms with Crippen LogP contribution in [0.25, 0.3) is 11.0 Å². The number of nitrogens with zero attached hydrogens (tertiary/aromatic N) is 2. The summed E-state index contributed by atoms with van der Waals surface area (Å²) in [7, 11) is 0. The second-order valence-corrected chi connectivity index (χ2v) is 8.30. The third-order valence-corrected chi connectivity index (χ3v) is 7.35. The highest BCUT2D eigenvalue weighted by Crippen LogP contribution is 2.66. The normalized spacial score (nSPS) is 33.7. The Labute approximate surface area is 134 Å². The van der Waals surface area contributed by atoms with E-state index in [9.17, 15) is 0 Å². The van der Waals surface area contributed by atoms with E-state index >= 15 is 0 Å². The van der Waals surface area contributed by atoms with Gasteiger partial charge in [-0.05, 0) is 48.1 Å². The molecule has 0 radical (unpaired) electrons. The van der Waals surface area contributed by atoms with Gasteiger partial charge in [0.2, 0.25) is 0 Å². The van der Waals surface area contributed by atoms with E-state index in [1.165, 1.54) is 31.0 Å². The Morgan fingerprint density at radius 3 is 2.76 bits per heavy atom. The van der Waals surface area contributed by atoms with E-state index in [0.717, 1.165) is 27.7 Å². The molecule has 2 aromatic rings. The molecule has 3 atom stereocenters. The van der Waals surface area contributed by atoms with Crippen LogP contribution in [0.2, 0.25) is 5.02 Å². The number of fused-ring (bicyclic) bond motifs is 3. The molecule has 112 valence electrons. The van der Waals surface area contributed by atoms with Gasteiger partial charge in [-0.1, -0.05) is 32.4 Å². The van der Waals surface area contributed by atoms with Crippen LogP contribution < -0.4 is 5.32 Å². The third kappa shape index (κ3) is 1.72. The maximum atomic E-state index is 6.43. The molecule has 1 aromatic carbocycles. The van der Waals surface area contributed by atoms with Crippen LogP contribution in [-0.2, 0) is 0 Å². The molecule has 0 amide bonds. The van der Waals surface area contributed by atoms with Crippen molar-refractivity contribution in [3.05, 3.63) is 17.2 Å². The SMILES string of the molecule is CC1(C)C2CCC1(C)C(Nc1c(Cl)ccc3nsnc13)C2. The Morgan fingerprint density at radius 1 is 1.29 bits per heavy atom. The van der Waals surface area contributed by atoms with Crippen molar-refractivity contribution in [1.82, 2.24) is 8.75 Å². The number of hydrogen-bond donors (Lipinski definition) is 1. The Morgan fingerprint density at radius 2 is 2.10 bits per heavy atom. The van der Waals surface area contributed by atoms with Gasteiger partial charge in [-0.3, -0.25) is 0 Å². The summed E-state index contributed by atoms with van der Waals surface area (Å²) < 4.78 is 8.75. The van der Waals surface area contributed by atoms with Crippen LogP contribution in [0.15, 0.2) is 12.1 Å². The number of halogens is 1. The summed E-state index contributed by atoms with van der Waals surface area (Å²) in [4.78, 5) is 0. The molecule has 4 rings (SSSR count). The van der Waals surface area contributed by atoms with Crippen LogP contribution in [0.4, 0.5) is 5.69 Å². The minimum Gasteiger partial charge on any atom is -0.379 e. The molecule has 0 spiro atoms. The molecule has 0 saturated heterocycles. The van der Waals surface area contributed by atoms with Gasteiger partial charge in [0, 0.05) is 6.04 Å². The van der Waals surface area contributed by atoms with Gasteiger partial charge in [-0.25, -0.2) is 0 Å². The lowest BCUT2D eigenvalue weighted by Gasteiger charge is -2.40. The second-order valence-electron chi connectivity index (χ2n) is 7.36. The van der Waals surface area contributed by atoms with Crippen LogP contribution >= 0.6 is 23.3 Å². The first kappa shape index (κ1) is 13.8. The monoisotopic (exact) mass is 321 g/mol. The summed E-state index contributed by atoms with van der Waals surface area (Å²) in [5.74, 6) is 0.812. The lowest BCUT2D eigenvalue weighted by molar-refractivity contribution is 0.142. The molecule has 3 nitrogen and oxygen atoms in total. The van der Waals surface area contributed by atoms with Crippen LogP contribution in [0, 0.1) is 16.7 Å². The Hall–Kier alpha value is -0.870. The van der Waals surface area contributed by atoms with Gasteiger partial charge in [-0.15, -0.1) is 0 Å².